The van der Waals surface area contributed by atoms with Crippen molar-refractivity contribution in [2.24, 2.45) is 0 Å². The van der Waals surface area contributed by atoms with Crippen molar-refractivity contribution in [2.75, 3.05) is 25.5 Å². The average molecular weight is 339 g/mol. The van der Waals surface area contributed by atoms with Crippen LogP contribution in [0.25, 0.3) is 0 Å². The third kappa shape index (κ3) is 3.36. The van der Waals surface area contributed by atoms with Crippen LogP contribution >= 0.6 is 17.2 Å². The third-order valence-corrected chi connectivity index (χ3v) is 11.9. The van der Waals surface area contributed by atoms with Crippen LogP contribution in [0.15, 0.2) is 60.7 Å². The second-order valence-corrected chi connectivity index (χ2v) is 12.8. The Morgan fingerprint density at radius 3 is 1.36 bits per heavy atom. The summed E-state index contributed by atoms with van der Waals surface area (Å²) in [7, 11) is 0. The molecule has 0 heterocycles. The zero-order valence-electron chi connectivity index (χ0n) is 12.7. The predicted octanol–water partition coefficient (Wildman–Crippen LogP) is 3.11. The van der Waals surface area contributed by atoms with Gasteiger partial charge >= 0.3 is 137 Å². The number of aliphatic hydroxyl groups excluding tert-OH is 2. The summed E-state index contributed by atoms with van der Waals surface area (Å²) in [6.07, 6.45) is 2.82. The van der Waals surface area contributed by atoms with Gasteiger partial charge in [0.2, 0.25) is 0 Å². The van der Waals surface area contributed by atoms with Crippen LogP contribution in [0.5, 0.6) is 0 Å². The van der Waals surface area contributed by atoms with Crippen LogP contribution in [0, 0.1) is 0 Å². The molecule has 0 aromatic heterocycles. The van der Waals surface area contributed by atoms with Crippen LogP contribution in [-0.4, -0.2) is 35.8 Å². The third-order valence-electron chi connectivity index (χ3n) is 4.26. The van der Waals surface area contributed by atoms with E-state index in [0.29, 0.717) is 12.8 Å². The Bertz CT molecular complexity index is 523. The molecule has 2 aromatic rings. The van der Waals surface area contributed by atoms with Gasteiger partial charge in [-0.25, -0.2) is 0 Å². The van der Waals surface area contributed by atoms with Gasteiger partial charge in [0, 0.05) is 0 Å². The fourth-order valence-electron chi connectivity index (χ4n) is 3.12. The molecule has 120 valence electrons. The number of benzene rings is 2. The molecule has 0 aliphatic rings. The standard InChI is InChI=1S/C18H24ClO2P/c19-22(15-7-13-20,16-8-14-21,17-9-3-1-4-10-17)18-11-5-2-6-12-18/h1-6,9-12,20-21H,7-8,13-16H2. The van der Waals surface area contributed by atoms with Crippen molar-refractivity contribution in [3.05, 3.63) is 60.7 Å². The normalized spacial score (nSPS) is 13.5. The van der Waals surface area contributed by atoms with Gasteiger partial charge in [0.1, 0.15) is 0 Å². The van der Waals surface area contributed by atoms with Crippen LogP contribution in [0.3, 0.4) is 0 Å². The van der Waals surface area contributed by atoms with E-state index in [1.807, 2.05) is 36.4 Å². The first-order valence-electron chi connectivity index (χ1n) is 7.70. The summed E-state index contributed by atoms with van der Waals surface area (Å²) in [5.74, 6) is -2.94. The van der Waals surface area contributed by atoms with Crippen molar-refractivity contribution < 1.29 is 10.2 Å². The first-order valence-corrected chi connectivity index (χ1v) is 11.2. The molecular formula is C18H24ClO2P. The van der Waals surface area contributed by atoms with Crippen LogP contribution in [0.1, 0.15) is 12.8 Å². The summed E-state index contributed by atoms with van der Waals surface area (Å²) in [5, 5.41) is 21.0. The van der Waals surface area contributed by atoms with Gasteiger partial charge in [-0.1, -0.05) is 0 Å². The second-order valence-electron chi connectivity index (χ2n) is 5.65. The molecule has 22 heavy (non-hydrogen) atoms. The minimum absolute atomic E-state index is 0.128. The molecule has 0 unspecified atom stereocenters. The Kier molecular flexibility index (Phi) is 6.00. The average Bonchev–Trinajstić information content (AvgIpc) is 2.60. The summed E-state index contributed by atoms with van der Waals surface area (Å²) in [4.78, 5) is 0. The quantitative estimate of drug-likeness (QED) is 0.726. The molecule has 0 radical (unpaired) electrons. The molecule has 0 fully saturated rings. The first-order chi connectivity index (χ1) is 10.6. The summed E-state index contributed by atoms with van der Waals surface area (Å²) >= 11 is 7.51. The molecule has 0 aliphatic heterocycles. The molecule has 4 heteroatoms. The SMILES string of the molecule is OCCCP(Cl)(CCCO)(c1ccccc1)c1ccccc1. The number of aliphatic hydroxyl groups is 2. The van der Waals surface area contributed by atoms with Crippen molar-refractivity contribution in [3.63, 3.8) is 0 Å². The molecule has 0 aliphatic carbocycles. The van der Waals surface area contributed by atoms with Gasteiger partial charge in [-0.2, -0.15) is 0 Å². The van der Waals surface area contributed by atoms with Gasteiger partial charge in [-0.3, -0.25) is 0 Å². The van der Waals surface area contributed by atoms with Crippen molar-refractivity contribution in [3.8, 4) is 0 Å². The Labute approximate surface area is 137 Å². The molecule has 0 spiro atoms. The number of rotatable bonds is 8. The molecule has 0 bridgehead atoms. The summed E-state index contributed by atoms with van der Waals surface area (Å²) in [5.41, 5.74) is 0. The van der Waals surface area contributed by atoms with Crippen LogP contribution < -0.4 is 10.6 Å². The van der Waals surface area contributed by atoms with Crippen LogP contribution in [-0.2, 0) is 0 Å². The molecule has 2 rings (SSSR count). The molecule has 2 nitrogen and oxygen atoms in total. The zero-order chi connectivity index (χ0) is 15.9. The molecule has 0 amide bonds. The number of hydrogen-bond acceptors (Lipinski definition) is 2. The van der Waals surface area contributed by atoms with Gasteiger partial charge < -0.3 is 0 Å². The zero-order valence-corrected chi connectivity index (χ0v) is 14.4. The fraction of sp³-hybridized carbons (Fsp3) is 0.333. The maximum absolute atomic E-state index is 9.38. The van der Waals surface area contributed by atoms with Gasteiger partial charge in [0.25, 0.3) is 0 Å². The molecule has 0 saturated carbocycles. The fourth-order valence-corrected chi connectivity index (χ4v) is 9.38. The Morgan fingerprint density at radius 1 is 0.682 bits per heavy atom. The Morgan fingerprint density at radius 2 is 1.05 bits per heavy atom. The van der Waals surface area contributed by atoms with E-state index in [1.165, 1.54) is 0 Å². The van der Waals surface area contributed by atoms with Crippen molar-refractivity contribution in [1.82, 2.24) is 0 Å². The van der Waals surface area contributed by atoms with Crippen molar-refractivity contribution in [1.29, 1.82) is 0 Å². The monoisotopic (exact) mass is 338 g/mol. The molecule has 2 aromatic carbocycles. The van der Waals surface area contributed by atoms with E-state index in [0.717, 1.165) is 22.9 Å². The topological polar surface area (TPSA) is 40.5 Å². The number of halogens is 1. The van der Waals surface area contributed by atoms with Crippen molar-refractivity contribution >= 4 is 27.8 Å². The van der Waals surface area contributed by atoms with E-state index in [9.17, 15) is 10.2 Å². The van der Waals surface area contributed by atoms with E-state index in [4.69, 9.17) is 11.2 Å². The van der Waals surface area contributed by atoms with Gasteiger partial charge in [0.05, 0.1) is 0 Å². The Hall–Kier alpha value is -0.920. The summed E-state index contributed by atoms with van der Waals surface area (Å²) in [6.45, 7) is 0.257. The van der Waals surface area contributed by atoms with E-state index in [-0.39, 0.29) is 13.2 Å². The molecular weight excluding hydrogens is 315 g/mol. The van der Waals surface area contributed by atoms with Gasteiger partial charge in [-0.05, 0) is 0 Å². The number of hydrogen-bond donors (Lipinski definition) is 2. The predicted molar refractivity (Wildman–Crippen MR) is 98.1 cm³/mol. The Balaban J connectivity index is 2.63. The van der Waals surface area contributed by atoms with Crippen LogP contribution in [0.2, 0.25) is 0 Å². The molecule has 0 atom stereocenters. The van der Waals surface area contributed by atoms with E-state index in [1.54, 1.807) is 0 Å². The van der Waals surface area contributed by atoms with Gasteiger partial charge in [0.15, 0.2) is 0 Å². The summed E-state index contributed by atoms with van der Waals surface area (Å²) in [6, 6.07) is 20.4. The van der Waals surface area contributed by atoms with Gasteiger partial charge in [-0.15, -0.1) is 0 Å². The second kappa shape index (κ2) is 7.57. The minimum atomic E-state index is -2.94. The van der Waals surface area contributed by atoms with E-state index in [2.05, 4.69) is 24.3 Å². The van der Waals surface area contributed by atoms with Crippen molar-refractivity contribution in [2.45, 2.75) is 12.8 Å². The molecule has 2 N–H and O–H groups in total. The van der Waals surface area contributed by atoms with Crippen LogP contribution in [0.4, 0.5) is 0 Å². The van der Waals surface area contributed by atoms with E-state index < -0.39 is 5.96 Å². The first kappa shape index (κ1) is 17.4. The van der Waals surface area contributed by atoms with E-state index >= 15 is 0 Å². The maximum atomic E-state index is 9.38. The molecule has 0 saturated heterocycles. The summed E-state index contributed by atoms with van der Waals surface area (Å²) < 4.78 is 0.